The van der Waals surface area contributed by atoms with Gasteiger partial charge >= 0.3 is 0 Å². The largest absolute Gasteiger partial charge is 0.316 e. The van der Waals surface area contributed by atoms with E-state index in [4.69, 9.17) is 0 Å². The molecule has 16 heavy (non-hydrogen) atoms. The van der Waals surface area contributed by atoms with Crippen molar-refractivity contribution in [2.24, 2.45) is 0 Å². The monoisotopic (exact) mass is 243 g/mol. The smallest absolute Gasteiger partial charge is 0.0201 e. The standard InChI is InChI=1S/C14H29NS/c1-3-4-5-6-7-10-13(15-2)14-11-8-9-12-16-14/h13-15H,3-12H2,1-2H3. The number of thioether (sulfide) groups is 1. The maximum absolute atomic E-state index is 3.54. The average Bonchev–Trinajstić information content (AvgIpc) is 2.35. The van der Waals surface area contributed by atoms with Crippen molar-refractivity contribution in [2.45, 2.75) is 76.0 Å². The van der Waals surface area contributed by atoms with Crippen LogP contribution in [0.4, 0.5) is 0 Å². The lowest BCUT2D eigenvalue weighted by molar-refractivity contribution is 0.446. The first-order valence-electron chi connectivity index (χ1n) is 7.17. The Labute approximate surface area is 106 Å². The molecule has 1 nitrogen and oxygen atoms in total. The lowest BCUT2D eigenvalue weighted by Crippen LogP contribution is -2.37. The normalized spacial score (nSPS) is 23.2. The van der Waals surface area contributed by atoms with Crippen molar-refractivity contribution >= 4 is 11.8 Å². The highest BCUT2D eigenvalue weighted by atomic mass is 32.2. The van der Waals surface area contributed by atoms with E-state index in [0.717, 1.165) is 11.3 Å². The number of rotatable bonds is 8. The number of hydrogen-bond acceptors (Lipinski definition) is 2. The zero-order chi connectivity index (χ0) is 11.6. The zero-order valence-electron chi connectivity index (χ0n) is 11.1. The molecular weight excluding hydrogens is 214 g/mol. The maximum atomic E-state index is 3.54. The van der Waals surface area contributed by atoms with Gasteiger partial charge in [0, 0.05) is 11.3 Å². The third kappa shape index (κ3) is 5.58. The van der Waals surface area contributed by atoms with Gasteiger partial charge in [0.1, 0.15) is 0 Å². The minimum absolute atomic E-state index is 0.770. The van der Waals surface area contributed by atoms with E-state index in [1.165, 1.54) is 63.5 Å². The van der Waals surface area contributed by atoms with E-state index < -0.39 is 0 Å². The Balaban J connectivity index is 2.10. The lowest BCUT2D eigenvalue weighted by atomic mass is 10.0. The van der Waals surface area contributed by atoms with E-state index in [0.29, 0.717) is 0 Å². The second-order valence-corrected chi connectivity index (χ2v) is 6.35. The van der Waals surface area contributed by atoms with Crippen LogP contribution in [0.25, 0.3) is 0 Å². The Morgan fingerprint density at radius 1 is 1.19 bits per heavy atom. The molecule has 0 bridgehead atoms. The van der Waals surface area contributed by atoms with Gasteiger partial charge in [-0.2, -0.15) is 11.8 Å². The molecule has 0 aromatic heterocycles. The summed E-state index contributed by atoms with van der Waals surface area (Å²) in [5.74, 6) is 1.39. The van der Waals surface area contributed by atoms with Gasteiger partial charge in [0.15, 0.2) is 0 Å². The molecule has 1 saturated heterocycles. The van der Waals surface area contributed by atoms with Crippen molar-refractivity contribution in [2.75, 3.05) is 12.8 Å². The Bertz CT molecular complexity index is 155. The van der Waals surface area contributed by atoms with Crippen molar-refractivity contribution in [3.63, 3.8) is 0 Å². The van der Waals surface area contributed by atoms with Gasteiger partial charge < -0.3 is 5.32 Å². The van der Waals surface area contributed by atoms with Gasteiger partial charge in [-0.1, -0.05) is 45.4 Å². The average molecular weight is 243 g/mol. The van der Waals surface area contributed by atoms with E-state index in [2.05, 4.69) is 31.1 Å². The molecule has 0 amide bonds. The van der Waals surface area contributed by atoms with Crippen LogP contribution in [0.2, 0.25) is 0 Å². The molecule has 2 atom stereocenters. The van der Waals surface area contributed by atoms with Crippen LogP contribution in [0, 0.1) is 0 Å². The minimum atomic E-state index is 0.770. The lowest BCUT2D eigenvalue weighted by Gasteiger charge is -2.29. The molecule has 2 unspecified atom stereocenters. The molecule has 1 aliphatic rings. The third-order valence-electron chi connectivity index (χ3n) is 3.65. The predicted octanol–water partition coefficient (Wildman–Crippen LogP) is 4.22. The van der Waals surface area contributed by atoms with Crippen LogP contribution in [-0.4, -0.2) is 24.1 Å². The summed E-state index contributed by atoms with van der Waals surface area (Å²) in [6, 6.07) is 0.770. The summed E-state index contributed by atoms with van der Waals surface area (Å²) in [5.41, 5.74) is 0. The highest BCUT2D eigenvalue weighted by molar-refractivity contribution is 8.00. The van der Waals surface area contributed by atoms with Crippen LogP contribution < -0.4 is 5.32 Å². The van der Waals surface area contributed by atoms with Gasteiger partial charge in [-0.05, 0) is 32.1 Å². The minimum Gasteiger partial charge on any atom is -0.316 e. The molecule has 1 heterocycles. The summed E-state index contributed by atoms with van der Waals surface area (Å²) < 4.78 is 0. The fourth-order valence-electron chi connectivity index (χ4n) is 2.57. The Morgan fingerprint density at radius 3 is 2.62 bits per heavy atom. The van der Waals surface area contributed by atoms with Crippen LogP contribution in [0.15, 0.2) is 0 Å². The predicted molar refractivity (Wildman–Crippen MR) is 76.3 cm³/mol. The third-order valence-corrected chi connectivity index (χ3v) is 5.17. The second kappa shape index (κ2) is 9.35. The summed E-state index contributed by atoms with van der Waals surface area (Å²) in [4.78, 5) is 0. The molecular formula is C14H29NS. The van der Waals surface area contributed by atoms with E-state index in [9.17, 15) is 0 Å². The van der Waals surface area contributed by atoms with E-state index >= 15 is 0 Å². The molecule has 1 rings (SSSR count). The van der Waals surface area contributed by atoms with Gasteiger partial charge in [0.2, 0.25) is 0 Å². The molecule has 96 valence electrons. The Kier molecular flexibility index (Phi) is 8.40. The molecule has 0 aliphatic carbocycles. The number of nitrogens with one attached hydrogen (secondary N) is 1. The van der Waals surface area contributed by atoms with Crippen molar-refractivity contribution in [3.05, 3.63) is 0 Å². The molecule has 0 saturated carbocycles. The Morgan fingerprint density at radius 2 is 2.00 bits per heavy atom. The molecule has 1 N–H and O–H groups in total. The Hall–Kier alpha value is 0.310. The van der Waals surface area contributed by atoms with Crippen molar-refractivity contribution in [3.8, 4) is 0 Å². The van der Waals surface area contributed by atoms with Crippen LogP contribution in [-0.2, 0) is 0 Å². The van der Waals surface area contributed by atoms with E-state index in [-0.39, 0.29) is 0 Å². The molecule has 1 aliphatic heterocycles. The summed E-state index contributed by atoms with van der Waals surface area (Å²) >= 11 is 2.20. The SMILES string of the molecule is CCCCCCCC(NC)C1CCCCS1. The van der Waals surface area contributed by atoms with Crippen molar-refractivity contribution in [1.82, 2.24) is 5.32 Å². The molecule has 0 aromatic carbocycles. The molecule has 2 heteroatoms. The topological polar surface area (TPSA) is 12.0 Å². The molecule has 0 radical (unpaired) electrons. The fourth-order valence-corrected chi connectivity index (χ4v) is 4.08. The zero-order valence-corrected chi connectivity index (χ0v) is 12.0. The summed E-state index contributed by atoms with van der Waals surface area (Å²) in [5, 5.41) is 4.44. The highest BCUT2D eigenvalue weighted by Crippen LogP contribution is 2.29. The van der Waals surface area contributed by atoms with Crippen LogP contribution in [0.5, 0.6) is 0 Å². The molecule has 0 aromatic rings. The van der Waals surface area contributed by atoms with Crippen LogP contribution in [0.1, 0.15) is 64.7 Å². The van der Waals surface area contributed by atoms with E-state index in [1.807, 2.05) is 0 Å². The first kappa shape index (κ1) is 14.4. The molecule has 0 spiro atoms. The van der Waals surface area contributed by atoms with Crippen LogP contribution >= 0.6 is 11.8 Å². The number of unbranched alkanes of at least 4 members (excludes halogenated alkanes) is 4. The second-order valence-electron chi connectivity index (χ2n) is 5.00. The first-order valence-corrected chi connectivity index (χ1v) is 8.22. The van der Waals surface area contributed by atoms with Gasteiger partial charge in [0.05, 0.1) is 0 Å². The van der Waals surface area contributed by atoms with E-state index in [1.54, 1.807) is 0 Å². The van der Waals surface area contributed by atoms with Gasteiger partial charge in [-0.15, -0.1) is 0 Å². The van der Waals surface area contributed by atoms with Crippen molar-refractivity contribution in [1.29, 1.82) is 0 Å². The fraction of sp³-hybridized carbons (Fsp3) is 1.00. The van der Waals surface area contributed by atoms with Gasteiger partial charge in [-0.25, -0.2) is 0 Å². The summed E-state index contributed by atoms with van der Waals surface area (Å²) in [7, 11) is 2.14. The van der Waals surface area contributed by atoms with Crippen molar-refractivity contribution < 1.29 is 0 Å². The van der Waals surface area contributed by atoms with Gasteiger partial charge in [-0.3, -0.25) is 0 Å². The van der Waals surface area contributed by atoms with Gasteiger partial charge in [0.25, 0.3) is 0 Å². The summed E-state index contributed by atoms with van der Waals surface area (Å²) in [6.07, 6.45) is 12.8. The van der Waals surface area contributed by atoms with Crippen LogP contribution in [0.3, 0.4) is 0 Å². The summed E-state index contributed by atoms with van der Waals surface area (Å²) in [6.45, 7) is 2.29. The number of hydrogen-bond donors (Lipinski definition) is 1. The maximum Gasteiger partial charge on any atom is 0.0201 e. The quantitative estimate of drug-likeness (QED) is 0.641. The first-order chi connectivity index (χ1) is 7.88. The molecule has 1 fully saturated rings. The highest BCUT2D eigenvalue weighted by Gasteiger charge is 2.22.